The number of piperidine rings is 1. The van der Waals surface area contributed by atoms with Crippen molar-refractivity contribution in [3.63, 3.8) is 0 Å². The van der Waals surface area contributed by atoms with Gasteiger partial charge in [-0.3, -0.25) is 10.2 Å². The second-order valence-corrected chi connectivity index (χ2v) is 6.77. The summed E-state index contributed by atoms with van der Waals surface area (Å²) in [6, 6.07) is 6.26. The number of benzene rings is 1. The molecule has 1 aromatic carbocycles. The van der Waals surface area contributed by atoms with Crippen molar-refractivity contribution in [2.45, 2.75) is 45.2 Å². The molecule has 21 heavy (non-hydrogen) atoms. The molecule has 0 aliphatic carbocycles. The summed E-state index contributed by atoms with van der Waals surface area (Å²) in [6.45, 7) is 4.31. The van der Waals surface area contributed by atoms with Crippen LogP contribution < -0.4 is 11.2 Å². The summed E-state index contributed by atoms with van der Waals surface area (Å²) in [5, 5.41) is 2.61. The van der Waals surface area contributed by atoms with E-state index in [9.17, 15) is 4.79 Å². The van der Waals surface area contributed by atoms with Crippen molar-refractivity contribution < 1.29 is 4.79 Å². The van der Waals surface area contributed by atoms with Gasteiger partial charge < -0.3 is 5.73 Å². The average molecular weight is 304 g/mol. The molecule has 2 heterocycles. The highest BCUT2D eigenvalue weighted by Gasteiger charge is 2.26. The Labute approximate surface area is 128 Å². The van der Waals surface area contributed by atoms with Crippen LogP contribution in [-0.2, 0) is 0 Å². The van der Waals surface area contributed by atoms with Gasteiger partial charge in [-0.2, -0.15) is 0 Å². The number of nitrogen functional groups attached to an aromatic ring is 1. The Kier molecular flexibility index (Phi) is 3.82. The normalized spacial score (nSPS) is 23.3. The number of amides is 1. The van der Waals surface area contributed by atoms with Crippen molar-refractivity contribution in [3.05, 3.63) is 23.8 Å². The molecule has 1 saturated heterocycles. The fourth-order valence-electron chi connectivity index (χ4n) is 2.91. The molecule has 3 N–H and O–H groups in total. The Morgan fingerprint density at radius 1 is 1.38 bits per heavy atom. The summed E-state index contributed by atoms with van der Waals surface area (Å²) >= 11 is 1.40. The monoisotopic (exact) mass is 304 g/mol. The zero-order valence-electron chi connectivity index (χ0n) is 12.3. The van der Waals surface area contributed by atoms with Gasteiger partial charge >= 0.3 is 0 Å². The van der Waals surface area contributed by atoms with Crippen LogP contribution in [0.25, 0.3) is 10.2 Å². The molecule has 0 bridgehead atoms. The van der Waals surface area contributed by atoms with E-state index in [2.05, 4.69) is 29.3 Å². The van der Waals surface area contributed by atoms with Crippen LogP contribution in [0.1, 0.15) is 43.5 Å². The number of nitrogens with one attached hydrogen (secondary N) is 1. The van der Waals surface area contributed by atoms with Crippen LogP contribution in [0.2, 0.25) is 0 Å². The second-order valence-electron chi connectivity index (χ2n) is 5.71. The Hall–Kier alpha value is -1.66. The van der Waals surface area contributed by atoms with Gasteiger partial charge in [0.15, 0.2) is 5.13 Å². The number of nitrogens with two attached hydrogens (primary N) is 1. The Bertz CT molecular complexity index is 659. The van der Waals surface area contributed by atoms with Crippen LogP contribution in [0.3, 0.4) is 0 Å². The molecule has 1 fully saturated rings. The topological polar surface area (TPSA) is 71.2 Å². The van der Waals surface area contributed by atoms with Crippen molar-refractivity contribution in [2.24, 2.45) is 0 Å². The average Bonchev–Trinajstić information content (AvgIpc) is 2.81. The van der Waals surface area contributed by atoms with Crippen LogP contribution >= 0.6 is 11.3 Å². The van der Waals surface area contributed by atoms with Gasteiger partial charge in [-0.15, -0.1) is 0 Å². The summed E-state index contributed by atoms with van der Waals surface area (Å²) in [4.78, 5) is 16.7. The van der Waals surface area contributed by atoms with Gasteiger partial charge in [-0.25, -0.2) is 9.99 Å². The largest absolute Gasteiger partial charge is 0.375 e. The lowest BCUT2D eigenvalue weighted by Gasteiger charge is -2.38. The Morgan fingerprint density at radius 3 is 2.81 bits per heavy atom. The molecule has 1 aliphatic rings. The van der Waals surface area contributed by atoms with Gasteiger partial charge in [0.2, 0.25) is 0 Å². The van der Waals surface area contributed by atoms with E-state index in [0.29, 0.717) is 22.8 Å². The molecular formula is C15H20N4OS. The van der Waals surface area contributed by atoms with Crippen molar-refractivity contribution in [3.8, 4) is 0 Å². The molecule has 0 radical (unpaired) electrons. The minimum atomic E-state index is -0.0653. The van der Waals surface area contributed by atoms with E-state index < -0.39 is 0 Å². The third kappa shape index (κ3) is 2.87. The lowest BCUT2D eigenvalue weighted by atomic mass is 10.00. The zero-order chi connectivity index (χ0) is 15.0. The number of aromatic nitrogens is 1. The highest BCUT2D eigenvalue weighted by molar-refractivity contribution is 7.22. The molecule has 1 aliphatic heterocycles. The van der Waals surface area contributed by atoms with Gasteiger partial charge in [0.25, 0.3) is 5.91 Å². The second kappa shape index (κ2) is 5.61. The summed E-state index contributed by atoms with van der Waals surface area (Å²) in [6.07, 6.45) is 3.46. The Morgan fingerprint density at radius 2 is 2.10 bits per heavy atom. The number of rotatable bonds is 2. The molecular weight excluding hydrogens is 284 g/mol. The third-order valence-electron chi connectivity index (χ3n) is 4.09. The molecule has 0 saturated carbocycles. The predicted molar refractivity (Wildman–Crippen MR) is 86.1 cm³/mol. The maximum atomic E-state index is 12.5. The lowest BCUT2D eigenvalue weighted by molar-refractivity contribution is 0.0370. The van der Waals surface area contributed by atoms with E-state index in [4.69, 9.17) is 5.73 Å². The minimum Gasteiger partial charge on any atom is -0.375 e. The number of thiazole rings is 1. The van der Waals surface area contributed by atoms with Gasteiger partial charge in [-0.05, 0) is 44.9 Å². The number of hydrogen-bond acceptors (Lipinski definition) is 5. The first kappa shape index (κ1) is 14.3. The van der Waals surface area contributed by atoms with Crippen molar-refractivity contribution in [1.82, 2.24) is 15.4 Å². The zero-order valence-corrected chi connectivity index (χ0v) is 13.1. The molecule has 2 unspecified atom stereocenters. The summed E-state index contributed by atoms with van der Waals surface area (Å²) in [5.41, 5.74) is 10.2. The van der Waals surface area contributed by atoms with Gasteiger partial charge in [0.1, 0.15) is 0 Å². The van der Waals surface area contributed by atoms with Gasteiger partial charge in [-0.1, -0.05) is 17.8 Å². The van der Waals surface area contributed by atoms with Crippen molar-refractivity contribution >= 4 is 32.6 Å². The van der Waals surface area contributed by atoms with Crippen LogP contribution in [0.4, 0.5) is 5.13 Å². The quantitative estimate of drug-likeness (QED) is 0.895. The molecule has 112 valence electrons. The molecule has 2 aromatic rings. The number of hydrazine groups is 1. The van der Waals surface area contributed by atoms with Crippen LogP contribution in [0, 0.1) is 0 Å². The summed E-state index contributed by atoms with van der Waals surface area (Å²) in [7, 11) is 0. The standard InChI is InChI=1S/C15H20N4OS/c1-9-4-3-5-10(2)19(9)18-14(20)11-6-7-12-13(8-11)21-15(16)17-12/h6-10H,3-5H2,1-2H3,(H2,16,17)(H,18,20). The van der Waals surface area contributed by atoms with Gasteiger partial charge in [0, 0.05) is 17.6 Å². The van der Waals surface area contributed by atoms with E-state index in [1.807, 2.05) is 12.1 Å². The molecule has 0 spiro atoms. The number of nitrogens with zero attached hydrogens (tertiary/aromatic N) is 2. The maximum absolute atomic E-state index is 12.5. The first-order valence-electron chi connectivity index (χ1n) is 7.30. The molecule has 3 rings (SSSR count). The van der Waals surface area contributed by atoms with E-state index in [-0.39, 0.29) is 5.91 Å². The lowest BCUT2D eigenvalue weighted by Crippen LogP contribution is -2.54. The fraction of sp³-hybridized carbons (Fsp3) is 0.467. The van der Waals surface area contributed by atoms with Crippen molar-refractivity contribution in [1.29, 1.82) is 0 Å². The third-order valence-corrected chi connectivity index (χ3v) is 4.94. The first-order valence-corrected chi connectivity index (χ1v) is 8.11. The van der Waals surface area contributed by atoms with E-state index in [0.717, 1.165) is 23.1 Å². The number of carbonyl (C=O) groups excluding carboxylic acids is 1. The fourth-order valence-corrected chi connectivity index (χ4v) is 3.68. The molecule has 2 atom stereocenters. The number of carbonyl (C=O) groups is 1. The SMILES string of the molecule is CC1CCCC(C)N1NC(=O)c1ccc2nc(N)sc2c1. The molecule has 1 amide bonds. The minimum absolute atomic E-state index is 0.0653. The van der Waals surface area contributed by atoms with Crippen LogP contribution in [0.15, 0.2) is 18.2 Å². The molecule has 5 nitrogen and oxygen atoms in total. The number of fused-ring (bicyclic) bond motifs is 1. The molecule has 6 heteroatoms. The van der Waals surface area contributed by atoms with Crippen molar-refractivity contribution in [2.75, 3.05) is 5.73 Å². The Balaban J connectivity index is 1.79. The van der Waals surface area contributed by atoms with Crippen LogP contribution in [0.5, 0.6) is 0 Å². The van der Waals surface area contributed by atoms with E-state index in [1.54, 1.807) is 6.07 Å². The predicted octanol–water partition coefficient (Wildman–Crippen LogP) is 2.79. The maximum Gasteiger partial charge on any atom is 0.265 e. The number of anilines is 1. The summed E-state index contributed by atoms with van der Waals surface area (Å²) < 4.78 is 0.944. The molecule has 1 aromatic heterocycles. The van der Waals surface area contributed by atoms with Crippen LogP contribution in [-0.4, -0.2) is 28.0 Å². The summed E-state index contributed by atoms with van der Waals surface area (Å²) in [5.74, 6) is -0.0653. The highest BCUT2D eigenvalue weighted by Crippen LogP contribution is 2.25. The van der Waals surface area contributed by atoms with E-state index in [1.165, 1.54) is 17.8 Å². The number of hydrogen-bond donors (Lipinski definition) is 2. The smallest absolute Gasteiger partial charge is 0.265 e. The van der Waals surface area contributed by atoms with Gasteiger partial charge in [0.05, 0.1) is 10.2 Å². The highest BCUT2D eigenvalue weighted by atomic mass is 32.1. The van der Waals surface area contributed by atoms with E-state index >= 15 is 0 Å². The first-order chi connectivity index (χ1) is 10.0.